The third kappa shape index (κ3) is 2.68. The number of nitrogens with one attached hydrogen (secondary N) is 1. The van der Waals surface area contributed by atoms with Gasteiger partial charge in [0.2, 0.25) is 11.8 Å². The molecule has 1 rings (SSSR count). The van der Waals surface area contributed by atoms with Crippen molar-refractivity contribution < 1.29 is 14.7 Å². The van der Waals surface area contributed by atoms with E-state index < -0.39 is 5.60 Å². The number of hydrogen-bond acceptors (Lipinski definition) is 4. The number of β-amino-alcohol motifs (C(OH)–C–C–N with tert-alkyl or cyclic N) is 1. The molecule has 0 spiro atoms. The van der Waals surface area contributed by atoms with Crippen molar-refractivity contribution >= 4 is 11.8 Å². The lowest BCUT2D eigenvalue weighted by atomic mass is 9.97. The zero-order valence-electron chi connectivity index (χ0n) is 8.12. The van der Waals surface area contributed by atoms with Crippen LogP contribution in [0.25, 0.3) is 0 Å². The minimum Gasteiger partial charge on any atom is -0.386 e. The van der Waals surface area contributed by atoms with E-state index in [9.17, 15) is 14.7 Å². The molecule has 0 aromatic heterocycles. The van der Waals surface area contributed by atoms with Gasteiger partial charge in [0.15, 0.2) is 0 Å². The molecule has 4 N–H and O–H groups in total. The van der Waals surface area contributed by atoms with Crippen LogP contribution in [0.2, 0.25) is 0 Å². The Balaban J connectivity index is 2.21. The monoisotopic (exact) mass is 201 g/mol. The number of carbonyl (C=O) groups excluding carboxylic acids is 2. The van der Waals surface area contributed by atoms with E-state index in [2.05, 4.69) is 5.32 Å². The van der Waals surface area contributed by atoms with Crippen molar-refractivity contribution in [3.63, 3.8) is 0 Å². The predicted molar refractivity (Wildman–Crippen MR) is 49.3 cm³/mol. The Morgan fingerprint density at radius 3 is 2.57 bits per heavy atom. The van der Waals surface area contributed by atoms with Gasteiger partial charge in [-0.2, -0.15) is 0 Å². The lowest BCUT2D eigenvalue weighted by Crippen LogP contribution is -2.63. The summed E-state index contributed by atoms with van der Waals surface area (Å²) in [6, 6.07) is 0. The van der Waals surface area contributed by atoms with Crippen molar-refractivity contribution in [2.24, 2.45) is 5.73 Å². The maximum atomic E-state index is 11.3. The smallest absolute Gasteiger partial charge is 0.242 e. The van der Waals surface area contributed by atoms with Crippen molar-refractivity contribution in [2.45, 2.75) is 12.5 Å². The van der Waals surface area contributed by atoms with E-state index in [1.165, 1.54) is 4.90 Å². The number of likely N-dealkylation sites (tertiary alicyclic amines) is 1. The van der Waals surface area contributed by atoms with Crippen LogP contribution in [0, 0.1) is 0 Å². The highest BCUT2D eigenvalue weighted by atomic mass is 16.3. The summed E-state index contributed by atoms with van der Waals surface area (Å²) < 4.78 is 0. The van der Waals surface area contributed by atoms with Gasteiger partial charge in [0, 0.05) is 0 Å². The molecular weight excluding hydrogens is 186 g/mol. The molecule has 80 valence electrons. The highest BCUT2D eigenvalue weighted by Crippen LogP contribution is 2.18. The van der Waals surface area contributed by atoms with Crippen molar-refractivity contribution in [2.75, 3.05) is 26.2 Å². The highest BCUT2D eigenvalue weighted by Gasteiger charge is 2.38. The molecule has 1 heterocycles. The first kappa shape index (κ1) is 10.9. The summed E-state index contributed by atoms with van der Waals surface area (Å²) in [6.45, 7) is 2.14. The predicted octanol–water partition coefficient (Wildman–Crippen LogP) is -2.35. The molecule has 6 nitrogen and oxygen atoms in total. The quantitative estimate of drug-likeness (QED) is 0.476. The molecule has 0 aromatic rings. The normalized spacial score (nSPS) is 18.6. The molecule has 0 unspecified atom stereocenters. The summed E-state index contributed by atoms with van der Waals surface area (Å²) in [7, 11) is 0. The number of carbonyl (C=O) groups is 2. The Labute approximate surface area is 82.1 Å². The van der Waals surface area contributed by atoms with Crippen molar-refractivity contribution in [3.05, 3.63) is 0 Å². The lowest BCUT2D eigenvalue weighted by molar-refractivity contribution is -0.151. The molecule has 0 saturated carbocycles. The topological polar surface area (TPSA) is 95.7 Å². The highest BCUT2D eigenvalue weighted by molar-refractivity contribution is 5.86. The fourth-order valence-electron chi connectivity index (χ4n) is 1.31. The number of aliphatic hydroxyl groups is 1. The minimum atomic E-state index is -0.770. The standard InChI is InChI=1S/C8H15N3O3/c1-8(14)4-11(5-8)7(13)3-10-6(12)2-9/h14H,2-5,9H2,1H3,(H,10,12). The van der Waals surface area contributed by atoms with Gasteiger partial charge < -0.3 is 21.1 Å². The second-order valence-electron chi connectivity index (χ2n) is 3.73. The lowest BCUT2D eigenvalue weighted by Gasteiger charge is -2.44. The van der Waals surface area contributed by atoms with E-state index in [1.807, 2.05) is 0 Å². The SMILES string of the molecule is CC1(O)CN(C(=O)CNC(=O)CN)C1. The largest absolute Gasteiger partial charge is 0.386 e. The van der Waals surface area contributed by atoms with E-state index in [-0.39, 0.29) is 24.9 Å². The molecule has 1 saturated heterocycles. The fourth-order valence-corrected chi connectivity index (χ4v) is 1.31. The van der Waals surface area contributed by atoms with Gasteiger partial charge in [0.1, 0.15) is 0 Å². The van der Waals surface area contributed by atoms with Crippen LogP contribution in [-0.2, 0) is 9.59 Å². The molecule has 0 aromatic carbocycles. The second-order valence-corrected chi connectivity index (χ2v) is 3.73. The zero-order valence-corrected chi connectivity index (χ0v) is 8.12. The molecule has 1 fully saturated rings. The summed E-state index contributed by atoms with van der Waals surface area (Å²) >= 11 is 0. The molecule has 0 aliphatic carbocycles. The molecule has 0 atom stereocenters. The molecule has 0 radical (unpaired) electrons. The van der Waals surface area contributed by atoms with Crippen LogP contribution in [0.4, 0.5) is 0 Å². The Morgan fingerprint density at radius 2 is 2.14 bits per heavy atom. The average molecular weight is 201 g/mol. The van der Waals surface area contributed by atoms with Gasteiger partial charge in [0.25, 0.3) is 0 Å². The van der Waals surface area contributed by atoms with Crippen LogP contribution in [0.1, 0.15) is 6.92 Å². The number of nitrogens with zero attached hydrogens (tertiary/aromatic N) is 1. The Hall–Kier alpha value is -1.14. The van der Waals surface area contributed by atoms with Gasteiger partial charge in [-0.3, -0.25) is 9.59 Å². The molecule has 2 amide bonds. The van der Waals surface area contributed by atoms with E-state index in [0.717, 1.165) is 0 Å². The molecule has 6 heteroatoms. The van der Waals surface area contributed by atoms with Gasteiger partial charge in [0.05, 0.1) is 31.8 Å². The third-order valence-corrected chi connectivity index (χ3v) is 2.04. The molecular formula is C8H15N3O3. The van der Waals surface area contributed by atoms with E-state index in [1.54, 1.807) is 6.92 Å². The van der Waals surface area contributed by atoms with Crippen LogP contribution >= 0.6 is 0 Å². The van der Waals surface area contributed by atoms with Crippen LogP contribution in [0.3, 0.4) is 0 Å². The Bertz CT molecular complexity index is 244. The number of rotatable bonds is 3. The summed E-state index contributed by atoms with van der Waals surface area (Å²) in [6.07, 6.45) is 0. The summed E-state index contributed by atoms with van der Waals surface area (Å²) in [4.78, 5) is 23.5. The van der Waals surface area contributed by atoms with E-state index in [4.69, 9.17) is 5.73 Å². The maximum Gasteiger partial charge on any atom is 0.242 e. The van der Waals surface area contributed by atoms with Crippen LogP contribution in [-0.4, -0.2) is 53.6 Å². The minimum absolute atomic E-state index is 0.0495. The van der Waals surface area contributed by atoms with Gasteiger partial charge in [-0.15, -0.1) is 0 Å². The van der Waals surface area contributed by atoms with Crippen LogP contribution < -0.4 is 11.1 Å². The van der Waals surface area contributed by atoms with Gasteiger partial charge >= 0.3 is 0 Å². The zero-order chi connectivity index (χ0) is 10.8. The van der Waals surface area contributed by atoms with Gasteiger partial charge in [-0.05, 0) is 6.92 Å². The molecule has 0 bridgehead atoms. The van der Waals surface area contributed by atoms with E-state index in [0.29, 0.717) is 13.1 Å². The van der Waals surface area contributed by atoms with E-state index >= 15 is 0 Å². The van der Waals surface area contributed by atoms with Crippen molar-refractivity contribution in [1.29, 1.82) is 0 Å². The van der Waals surface area contributed by atoms with Crippen LogP contribution in [0.5, 0.6) is 0 Å². The molecule has 14 heavy (non-hydrogen) atoms. The van der Waals surface area contributed by atoms with Gasteiger partial charge in [-0.1, -0.05) is 0 Å². The van der Waals surface area contributed by atoms with Gasteiger partial charge in [-0.25, -0.2) is 0 Å². The first-order valence-corrected chi connectivity index (χ1v) is 4.41. The Kier molecular flexibility index (Phi) is 3.07. The molecule has 1 aliphatic rings. The van der Waals surface area contributed by atoms with Crippen molar-refractivity contribution in [1.82, 2.24) is 10.2 Å². The summed E-state index contributed by atoms with van der Waals surface area (Å²) in [5.41, 5.74) is 4.28. The number of hydrogen-bond donors (Lipinski definition) is 3. The molecule has 1 aliphatic heterocycles. The number of amides is 2. The third-order valence-electron chi connectivity index (χ3n) is 2.04. The first-order chi connectivity index (χ1) is 6.44. The first-order valence-electron chi connectivity index (χ1n) is 4.41. The number of nitrogens with two attached hydrogens (primary N) is 1. The summed E-state index contributed by atoms with van der Waals surface area (Å²) in [5.74, 6) is -0.552. The summed E-state index contributed by atoms with van der Waals surface area (Å²) in [5, 5.41) is 11.7. The fraction of sp³-hybridized carbons (Fsp3) is 0.750. The van der Waals surface area contributed by atoms with Crippen molar-refractivity contribution in [3.8, 4) is 0 Å². The Morgan fingerprint density at radius 1 is 1.57 bits per heavy atom. The second kappa shape index (κ2) is 3.93. The van der Waals surface area contributed by atoms with Crippen LogP contribution in [0.15, 0.2) is 0 Å². The maximum absolute atomic E-state index is 11.3. The average Bonchev–Trinajstić information content (AvgIpc) is 2.09.